The van der Waals surface area contributed by atoms with Gasteiger partial charge >= 0.3 is 0 Å². The van der Waals surface area contributed by atoms with Crippen LogP contribution in [0.15, 0.2) is 59.3 Å². The molecule has 0 unspecified atom stereocenters. The minimum absolute atomic E-state index is 0.146. The molecule has 0 aliphatic heterocycles. The fraction of sp³-hybridized carbons (Fsp3) is 0.235. The molecule has 1 aromatic heterocycles. The number of nitrogens with zero attached hydrogens (tertiary/aromatic N) is 1. The van der Waals surface area contributed by atoms with Crippen LogP contribution in [-0.4, -0.2) is 23.1 Å². The summed E-state index contributed by atoms with van der Waals surface area (Å²) in [5, 5.41) is 2.76. The second kappa shape index (κ2) is 9.03. The molecule has 22 heavy (non-hydrogen) atoms. The molecule has 2 aromatic rings. The lowest BCUT2D eigenvalue weighted by atomic mass is 10.3. The maximum absolute atomic E-state index is 12.4. The molecule has 2 nitrogen and oxygen atoms in total. The van der Waals surface area contributed by atoms with E-state index < -0.39 is 0 Å². The summed E-state index contributed by atoms with van der Waals surface area (Å²) in [6.45, 7) is 4.97. The predicted molar refractivity (Wildman–Crippen MR) is 96.7 cm³/mol. The molecule has 0 saturated heterocycles. The smallest absolute Gasteiger partial charge is 0.224 e. The van der Waals surface area contributed by atoms with E-state index in [2.05, 4.69) is 6.58 Å². The van der Waals surface area contributed by atoms with E-state index in [-0.39, 0.29) is 5.91 Å². The van der Waals surface area contributed by atoms with E-state index in [1.54, 1.807) is 29.2 Å². The fourth-order valence-electron chi connectivity index (χ4n) is 1.97. The monoisotopic (exact) mass is 351 g/mol. The third-order valence-electron chi connectivity index (χ3n) is 3.04. The van der Waals surface area contributed by atoms with Crippen LogP contribution in [0.1, 0.15) is 11.3 Å². The number of amides is 1. The third kappa shape index (κ3) is 5.20. The summed E-state index contributed by atoms with van der Waals surface area (Å²) >= 11 is 9.40. The number of thiophene rings is 1. The first-order valence-corrected chi connectivity index (χ1v) is 9.23. The van der Waals surface area contributed by atoms with Crippen LogP contribution in [0.25, 0.3) is 0 Å². The lowest BCUT2D eigenvalue weighted by molar-refractivity contribution is -0.130. The second-order valence-corrected chi connectivity index (χ2v) is 7.25. The van der Waals surface area contributed by atoms with Crippen molar-refractivity contribution < 1.29 is 4.79 Å². The summed E-state index contributed by atoms with van der Waals surface area (Å²) in [5.74, 6) is 0.869. The van der Waals surface area contributed by atoms with Crippen molar-refractivity contribution in [3.63, 3.8) is 0 Å². The van der Waals surface area contributed by atoms with Gasteiger partial charge in [-0.05, 0) is 23.6 Å². The summed E-state index contributed by atoms with van der Waals surface area (Å²) in [6, 6.07) is 11.8. The first kappa shape index (κ1) is 17.1. The Morgan fingerprint density at radius 3 is 2.82 bits per heavy atom. The Labute approximate surface area is 144 Å². The van der Waals surface area contributed by atoms with Crippen LogP contribution < -0.4 is 0 Å². The average Bonchev–Trinajstić information content (AvgIpc) is 3.02. The van der Waals surface area contributed by atoms with Crippen LogP contribution in [0.2, 0.25) is 5.02 Å². The van der Waals surface area contributed by atoms with Crippen molar-refractivity contribution >= 4 is 40.6 Å². The number of halogens is 1. The summed E-state index contributed by atoms with van der Waals surface area (Å²) in [6.07, 6.45) is 2.27. The minimum atomic E-state index is 0.146. The van der Waals surface area contributed by atoms with Crippen molar-refractivity contribution in [1.82, 2.24) is 4.90 Å². The summed E-state index contributed by atoms with van der Waals surface area (Å²) < 4.78 is 0. The zero-order valence-electron chi connectivity index (χ0n) is 12.2. The standard InChI is InChI=1S/C17H18ClNOS2/c1-2-10-19(13-14-6-5-11-21-14)17(20)9-12-22-16-8-4-3-7-15(16)18/h2-8,11H,1,9-10,12-13H2. The van der Waals surface area contributed by atoms with Crippen LogP contribution in [-0.2, 0) is 11.3 Å². The first-order valence-electron chi connectivity index (χ1n) is 6.99. The summed E-state index contributed by atoms with van der Waals surface area (Å²) in [4.78, 5) is 16.4. The van der Waals surface area contributed by atoms with Gasteiger partial charge in [-0.2, -0.15) is 0 Å². The zero-order chi connectivity index (χ0) is 15.8. The van der Waals surface area contributed by atoms with Crippen molar-refractivity contribution in [3.8, 4) is 0 Å². The summed E-state index contributed by atoms with van der Waals surface area (Å²) in [5.41, 5.74) is 0. The highest BCUT2D eigenvalue weighted by atomic mass is 35.5. The molecule has 0 spiro atoms. The number of benzene rings is 1. The van der Waals surface area contributed by atoms with E-state index >= 15 is 0 Å². The largest absolute Gasteiger partial charge is 0.334 e. The highest BCUT2D eigenvalue weighted by molar-refractivity contribution is 7.99. The van der Waals surface area contributed by atoms with Gasteiger partial charge < -0.3 is 4.90 Å². The van der Waals surface area contributed by atoms with E-state index in [1.165, 1.54) is 4.88 Å². The molecule has 0 N–H and O–H groups in total. The van der Waals surface area contributed by atoms with Crippen molar-refractivity contribution in [2.24, 2.45) is 0 Å². The molecule has 0 fully saturated rings. The van der Waals surface area contributed by atoms with Gasteiger partial charge in [0.05, 0.1) is 11.6 Å². The van der Waals surface area contributed by atoms with E-state index in [9.17, 15) is 4.79 Å². The molecular weight excluding hydrogens is 334 g/mol. The second-order valence-electron chi connectivity index (χ2n) is 4.67. The Hall–Kier alpha value is -1.23. The van der Waals surface area contributed by atoms with Gasteiger partial charge in [-0.25, -0.2) is 0 Å². The maximum Gasteiger partial charge on any atom is 0.224 e. The van der Waals surface area contributed by atoms with Crippen molar-refractivity contribution in [3.05, 3.63) is 64.3 Å². The zero-order valence-corrected chi connectivity index (χ0v) is 14.6. The average molecular weight is 352 g/mol. The molecule has 1 amide bonds. The number of carbonyl (C=O) groups is 1. The van der Waals surface area contributed by atoms with Crippen molar-refractivity contribution in [2.45, 2.75) is 17.9 Å². The van der Waals surface area contributed by atoms with Gasteiger partial charge in [-0.3, -0.25) is 4.79 Å². The molecule has 0 aliphatic rings. The van der Waals surface area contributed by atoms with E-state index in [0.29, 0.717) is 19.5 Å². The van der Waals surface area contributed by atoms with Crippen molar-refractivity contribution in [2.75, 3.05) is 12.3 Å². The van der Waals surface area contributed by atoms with Crippen LogP contribution >= 0.6 is 34.7 Å². The Bertz CT molecular complexity index is 613. The molecule has 2 rings (SSSR count). The van der Waals surface area contributed by atoms with Gasteiger partial charge in [0.1, 0.15) is 0 Å². The molecular formula is C17H18ClNOS2. The number of carbonyl (C=O) groups excluding carboxylic acids is 1. The molecule has 1 aromatic carbocycles. The lowest BCUT2D eigenvalue weighted by Gasteiger charge is -2.20. The number of rotatable bonds is 8. The molecule has 0 bridgehead atoms. The molecule has 5 heteroatoms. The molecule has 0 radical (unpaired) electrons. The van der Waals surface area contributed by atoms with Crippen LogP contribution in [0.3, 0.4) is 0 Å². The van der Waals surface area contributed by atoms with Crippen LogP contribution in [0.4, 0.5) is 0 Å². The Morgan fingerprint density at radius 1 is 1.32 bits per heavy atom. The fourth-order valence-corrected chi connectivity index (χ4v) is 3.87. The maximum atomic E-state index is 12.4. The van der Waals surface area contributed by atoms with Gasteiger partial charge in [0.2, 0.25) is 5.91 Å². The van der Waals surface area contributed by atoms with Gasteiger partial charge in [0, 0.05) is 28.5 Å². The van der Waals surface area contributed by atoms with E-state index in [0.717, 1.165) is 15.7 Å². The normalized spacial score (nSPS) is 10.4. The Balaban J connectivity index is 1.85. The van der Waals surface area contributed by atoms with E-state index in [4.69, 9.17) is 11.6 Å². The topological polar surface area (TPSA) is 20.3 Å². The van der Waals surface area contributed by atoms with Gasteiger partial charge in [-0.1, -0.05) is 35.9 Å². The lowest BCUT2D eigenvalue weighted by Crippen LogP contribution is -2.30. The molecule has 0 atom stereocenters. The van der Waals surface area contributed by atoms with Gasteiger partial charge in [0.15, 0.2) is 0 Å². The molecule has 0 aliphatic carbocycles. The summed E-state index contributed by atoms with van der Waals surface area (Å²) in [7, 11) is 0. The number of hydrogen-bond acceptors (Lipinski definition) is 3. The van der Waals surface area contributed by atoms with Gasteiger partial charge in [0.25, 0.3) is 0 Å². The van der Waals surface area contributed by atoms with Crippen LogP contribution in [0.5, 0.6) is 0 Å². The highest BCUT2D eigenvalue weighted by Crippen LogP contribution is 2.27. The molecule has 0 saturated carbocycles. The predicted octanol–water partition coefficient (Wildman–Crippen LogP) is 5.10. The van der Waals surface area contributed by atoms with Crippen LogP contribution in [0, 0.1) is 0 Å². The SMILES string of the molecule is C=CCN(Cc1cccs1)C(=O)CCSc1ccccc1Cl. The van der Waals surface area contributed by atoms with E-state index in [1.807, 2.05) is 46.7 Å². The Kier molecular flexibility index (Phi) is 7.03. The Morgan fingerprint density at radius 2 is 2.14 bits per heavy atom. The van der Waals surface area contributed by atoms with Crippen molar-refractivity contribution in [1.29, 1.82) is 0 Å². The highest BCUT2D eigenvalue weighted by Gasteiger charge is 2.13. The minimum Gasteiger partial charge on any atom is -0.334 e. The van der Waals surface area contributed by atoms with Gasteiger partial charge in [-0.15, -0.1) is 29.7 Å². The first-order chi connectivity index (χ1) is 10.7. The number of thioether (sulfide) groups is 1. The number of hydrogen-bond donors (Lipinski definition) is 0. The quantitative estimate of drug-likeness (QED) is 0.487. The molecule has 1 heterocycles. The molecule has 116 valence electrons. The third-order valence-corrected chi connectivity index (χ3v) is 5.42.